The van der Waals surface area contributed by atoms with Gasteiger partial charge in [0.25, 0.3) is 0 Å². The summed E-state index contributed by atoms with van der Waals surface area (Å²) in [6.07, 6.45) is 3.19. The van der Waals surface area contributed by atoms with Crippen molar-refractivity contribution < 1.29 is 8.42 Å². The molecule has 0 radical (unpaired) electrons. The van der Waals surface area contributed by atoms with Crippen LogP contribution in [0.25, 0.3) is 0 Å². The number of sulfonamides is 1. The van der Waals surface area contributed by atoms with Crippen LogP contribution in [0.15, 0.2) is 42.7 Å². The minimum absolute atomic E-state index is 0.0331. The van der Waals surface area contributed by atoms with Gasteiger partial charge in [0, 0.05) is 12.4 Å². The van der Waals surface area contributed by atoms with Gasteiger partial charge in [-0.05, 0) is 12.0 Å². The summed E-state index contributed by atoms with van der Waals surface area (Å²) in [7, 11) is -3.49. The molecule has 0 atom stereocenters. The minimum Gasteiger partial charge on any atom is -0.265 e. The van der Waals surface area contributed by atoms with Gasteiger partial charge >= 0.3 is 0 Å². The van der Waals surface area contributed by atoms with Crippen LogP contribution in [-0.2, 0) is 16.4 Å². The molecule has 0 spiro atoms. The molecule has 1 N–H and O–H groups in total. The van der Waals surface area contributed by atoms with Gasteiger partial charge in [0.2, 0.25) is 10.0 Å². The van der Waals surface area contributed by atoms with Crippen molar-refractivity contribution in [2.45, 2.75) is 6.42 Å². The molecule has 0 bridgehead atoms. The molecule has 0 unspecified atom stereocenters. The summed E-state index contributed by atoms with van der Waals surface area (Å²) in [5, 5.41) is 0.0331. The monoisotopic (exact) mass is 297 g/mol. The summed E-state index contributed by atoms with van der Waals surface area (Å²) in [6, 6.07) is 9.38. The first-order valence-electron chi connectivity index (χ1n) is 5.58. The van der Waals surface area contributed by atoms with E-state index in [1.54, 1.807) is 0 Å². The fourth-order valence-electron chi connectivity index (χ4n) is 1.48. The first-order chi connectivity index (χ1) is 9.07. The van der Waals surface area contributed by atoms with E-state index in [9.17, 15) is 8.42 Å². The van der Waals surface area contributed by atoms with Gasteiger partial charge in [-0.1, -0.05) is 41.9 Å². The van der Waals surface area contributed by atoms with Gasteiger partial charge in [-0.15, -0.1) is 0 Å². The Morgan fingerprint density at radius 3 is 2.47 bits per heavy atom. The molecule has 1 heterocycles. The van der Waals surface area contributed by atoms with Crippen LogP contribution in [0, 0.1) is 0 Å². The number of nitrogens with zero attached hydrogens (tertiary/aromatic N) is 2. The molecule has 19 heavy (non-hydrogen) atoms. The van der Waals surface area contributed by atoms with Gasteiger partial charge in [-0.3, -0.25) is 4.72 Å². The fraction of sp³-hybridized carbons (Fsp3) is 0.167. The van der Waals surface area contributed by atoms with Gasteiger partial charge in [-0.25, -0.2) is 18.4 Å². The topological polar surface area (TPSA) is 72.0 Å². The van der Waals surface area contributed by atoms with Crippen LogP contribution in [0.5, 0.6) is 0 Å². The van der Waals surface area contributed by atoms with Crippen molar-refractivity contribution in [2.24, 2.45) is 0 Å². The molecule has 0 aliphatic heterocycles. The van der Waals surface area contributed by atoms with Crippen LogP contribution in [0.3, 0.4) is 0 Å². The Hall–Kier alpha value is -1.66. The summed E-state index contributed by atoms with van der Waals surface area (Å²) >= 11 is 5.75. The van der Waals surface area contributed by atoms with E-state index >= 15 is 0 Å². The highest BCUT2D eigenvalue weighted by molar-refractivity contribution is 7.92. The van der Waals surface area contributed by atoms with E-state index in [1.807, 2.05) is 30.3 Å². The van der Waals surface area contributed by atoms with Gasteiger partial charge < -0.3 is 0 Å². The molecule has 0 saturated carbocycles. The van der Waals surface area contributed by atoms with Crippen LogP contribution in [0.4, 0.5) is 5.82 Å². The number of hydrogen-bond acceptors (Lipinski definition) is 4. The normalized spacial score (nSPS) is 11.2. The predicted octanol–water partition coefficient (Wildman–Crippen LogP) is 2.11. The highest BCUT2D eigenvalue weighted by atomic mass is 35.5. The number of benzene rings is 1. The largest absolute Gasteiger partial charge is 0.265 e. The number of anilines is 1. The van der Waals surface area contributed by atoms with Crippen LogP contribution < -0.4 is 4.72 Å². The second-order valence-electron chi connectivity index (χ2n) is 3.85. The van der Waals surface area contributed by atoms with Gasteiger partial charge in [0.15, 0.2) is 11.0 Å². The summed E-state index contributed by atoms with van der Waals surface area (Å²) in [4.78, 5) is 7.59. The molecule has 0 aliphatic carbocycles. The molecule has 0 amide bonds. The Labute approximate surface area is 116 Å². The Kier molecular flexibility index (Phi) is 4.34. The average molecular weight is 298 g/mol. The second-order valence-corrected chi connectivity index (χ2v) is 6.05. The van der Waals surface area contributed by atoms with E-state index in [2.05, 4.69) is 14.7 Å². The third kappa shape index (κ3) is 4.18. The van der Waals surface area contributed by atoms with Crippen LogP contribution in [0.2, 0.25) is 5.15 Å². The zero-order valence-electron chi connectivity index (χ0n) is 9.95. The molecule has 7 heteroatoms. The average Bonchev–Trinajstić information content (AvgIpc) is 2.40. The van der Waals surface area contributed by atoms with E-state index in [4.69, 9.17) is 11.6 Å². The minimum atomic E-state index is -3.49. The maximum atomic E-state index is 11.9. The molecule has 0 saturated heterocycles. The quantitative estimate of drug-likeness (QED) is 0.917. The van der Waals surface area contributed by atoms with Gasteiger partial charge in [0.1, 0.15) is 0 Å². The highest BCUT2D eigenvalue weighted by Gasteiger charge is 2.13. The van der Waals surface area contributed by atoms with E-state index in [0.29, 0.717) is 6.42 Å². The molecular formula is C12H12ClN3O2S. The Morgan fingerprint density at radius 2 is 1.79 bits per heavy atom. The van der Waals surface area contributed by atoms with E-state index in [-0.39, 0.29) is 16.7 Å². The first-order valence-corrected chi connectivity index (χ1v) is 7.61. The number of hydrogen-bond donors (Lipinski definition) is 1. The van der Waals surface area contributed by atoms with Crippen molar-refractivity contribution in [3.63, 3.8) is 0 Å². The van der Waals surface area contributed by atoms with Crippen LogP contribution in [0.1, 0.15) is 5.56 Å². The molecular weight excluding hydrogens is 286 g/mol. The molecule has 100 valence electrons. The van der Waals surface area contributed by atoms with Crippen LogP contribution >= 0.6 is 11.6 Å². The number of halogens is 1. The van der Waals surface area contributed by atoms with Gasteiger partial charge in [0.05, 0.1) is 5.75 Å². The van der Waals surface area contributed by atoms with E-state index < -0.39 is 10.0 Å². The third-order valence-electron chi connectivity index (χ3n) is 2.41. The maximum Gasteiger partial charge on any atom is 0.234 e. The van der Waals surface area contributed by atoms with E-state index in [0.717, 1.165) is 5.56 Å². The van der Waals surface area contributed by atoms with Crippen molar-refractivity contribution in [3.8, 4) is 0 Å². The highest BCUT2D eigenvalue weighted by Crippen LogP contribution is 2.16. The lowest BCUT2D eigenvalue weighted by molar-refractivity contribution is 0.600. The number of aryl methyl sites for hydroxylation is 1. The number of nitrogens with one attached hydrogen (secondary N) is 1. The van der Waals surface area contributed by atoms with Crippen molar-refractivity contribution >= 4 is 27.4 Å². The van der Waals surface area contributed by atoms with Gasteiger partial charge in [-0.2, -0.15) is 0 Å². The van der Waals surface area contributed by atoms with Crippen molar-refractivity contribution in [1.29, 1.82) is 0 Å². The molecule has 0 fully saturated rings. The van der Waals surface area contributed by atoms with Crippen molar-refractivity contribution in [3.05, 3.63) is 53.4 Å². The Bertz CT molecular complexity index is 647. The molecule has 1 aromatic carbocycles. The summed E-state index contributed by atoms with van der Waals surface area (Å²) in [5.41, 5.74) is 0.957. The Balaban J connectivity index is 2.02. The zero-order valence-corrected chi connectivity index (χ0v) is 11.5. The van der Waals surface area contributed by atoms with Crippen molar-refractivity contribution in [1.82, 2.24) is 9.97 Å². The Morgan fingerprint density at radius 1 is 1.11 bits per heavy atom. The van der Waals surface area contributed by atoms with Crippen LogP contribution in [-0.4, -0.2) is 24.1 Å². The smallest absolute Gasteiger partial charge is 0.234 e. The summed E-state index contributed by atoms with van der Waals surface area (Å²) < 4.78 is 26.1. The fourth-order valence-corrected chi connectivity index (χ4v) is 2.74. The second kappa shape index (κ2) is 5.99. The summed E-state index contributed by atoms with van der Waals surface area (Å²) in [5.74, 6) is 0.0152. The molecule has 1 aromatic heterocycles. The van der Waals surface area contributed by atoms with E-state index in [1.165, 1.54) is 12.4 Å². The molecule has 2 aromatic rings. The predicted molar refractivity (Wildman–Crippen MR) is 74.6 cm³/mol. The number of aromatic nitrogens is 2. The molecule has 2 rings (SSSR count). The third-order valence-corrected chi connectivity index (χ3v) is 3.93. The first kappa shape index (κ1) is 13.8. The summed E-state index contributed by atoms with van der Waals surface area (Å²) in [6.45, 7) is 0. The lowest BCUT2D eigenvalue weighted by Gasteiger charge is -2.07. The van der Waals surface area contributed by atoms with Crippen molar-refractivity contribution in [2.75, 3.05) is 10.5 Å². The lowest BCUT2D eigenvalue weighted by atomic mass is 10.2. The standard InChI is InChI=1S/C12H12ClN3O2S/c13-11-12(15-8-7-14-11)16-19(17,18)9-6-10-4-2-1-3-5-10/h1-5,7-8H,6,9H2,(H,15,16). The maximum absolute atomic E-state index is 11.9. The lowest BCUT2D eigenvalue weighted by Crippen LogP contribution is -2.19. The number of rotatable bonds is 5. The zero-order chi connectivity index (χ0) is 13.7. The molecule has 0 aliphatic rings. The molecule has 5 nitrogen and oxygen atoms in total. The SMILES string of the molecule is O=S(=O)(CCc1ccccc1)Nc1nccnc1Cl.